The van der Waals surface area contributed by atoms with Crippen LogP contribution in [0.15, 0.2) is 67.5 Å². The molecule has 1 fully saturated rings. The number of aromatic nitrogens is 2. The third-order valence-electron chi connectivity index (χ3n) is 4.92. The van der Waals surface area contributed by atoms with Crippen molar-refractivity contribution in [1.82, 2.24) is 14.3 Å². The van der Waals surface area contributed by atoms with Gasteiger partial charge in [0.1, 0.15) is 17.5 Å². The Balaban J connectivity index is 1.66. The number of piperazine rings is 1. The zero-order valence-electron chi connectivity index (χ0n) is 15.2. The van der Waals surface area contributed by atoms with Crippen LogP contribution in [0, 0.1) is 5.82 Å². The third-order valence-corrected chi connectivity index (χ3v) is 4.92. The minimum atomic E-state index is -0.700. The van der Waals surface area contributed by atoms with Crippen molar-refractivity contribution in [3.8, 4) is 0 Å². The standard InChI is InChI=1S/C21H19FN4O2/c1-2-20(27)25-11-12-26(19-14-24-10-4-3-5-18(24)23-19)21(28)17(25)13-15-6-8-16(22)9-7-15/h2-10,14,17H,1,11-13H2. The van der Waals surface area contributed by atoms with E-state index in [-0.39, 0.29) is 17.6 Å². The summed E-state index contributed by atoms with van der Waals surface area (Å²) < 4.78 is 15.1. The zero-order valence-corrected chi connectivity index (χ0v) is 15.2. The van der Waals surface area contributed by atoms with Crippen LogP contribution in [-0.2, 0) is 16.0 Å². The Bertz CT molecular complexity index is 1010. The number of pyridine rings is 1. The molecule has 1 saturated heterocycles. The van der Waals surface area contributed by atoms with Crippen LogP contribution in [0.3, 0.4) is 0 Å². The highest BCUT2D eigenvalue weighted by Crippen LogP contribution is 2.23. The number of amides is 2. The molecule has 0 bridgehead atoms. The second-order valence-electron chi connectivity index (χ2n) is 6.64. The van der Waals surface area contributed by atoms with Gasteiger partial charge in [0.05, 0.1) is 6.20 Å². The highest BCUT2D eigenvalue weighted by molar-refractivity contribution is 6.01. The highest BCUT2D eigenvalue weighted by atomic mass is 19.1. The summed E-state index contributed by atoms with van der Waals surface area (Å²) in [4.78, 5) is 33.2. The lowest BCUT2D eigenvalue weighted by Crippen LogP contribution is -2.59. The molecule has 7 heteroatoms. The van der Waals surface area contributed by atoms with Gasteiger partial charge in [-0.2, -0.15) is 0 Å². The second kappa shape index (κ2) is 7.26. The molecule has 28 heavy (non-hydrogen) atoms. The van der Waals surface area contributed by atoms with Crippen molar-refractivity contribution < 1.29 is 14.0 Å². The van der Waals surface area contributed by atoms with Crippen molar-refractivity contribution >= 4 is 23.3 Å². The van der Waals surface area contributed by atoms with Crippen LogP contribution < -0.4 is 4.90 Å². The Labute approximate surface area is 161 Å². The molecule has 1 aromatic carbocycles. The minimum absolute atomic E-state index is 0.214. The summed E-state index contributed by atoms with van der Waals surface area (Å²) >= 11 is 0. The molecule has 2 aromatic heterocycles. The lowest BCUT2D eigenvalue weighted by atomic mass is 10.0. The molecule has 142 valence electrons. The molecule has 4 rings (SSSR count). The van der Waals surface area contributed by atoms with Gasteiger partial charge >= 0.3 is 0 Å². The summed E-state index contributed by atoms with van der Waals surface area (Å²) in [7, 11) is 0. The van der Waals surface area contributed by atoms with Gasteiger partial charge in [-0.3, -0.25) is 14.5 Å². The number of imidazole rings is 1. The second-order valence-corrected chi connectivity index (χ2v) is 6.64. The van der Waals surface area contributed by atoms with E-state index in [1.165, 1.54) is 23.1 Å². The molecule has 0 radical (unpaired) electrons. The Morgan fingerprint density at radius 2 is 2.00 bits per heavy atom. The molecule has 0 aliphatic carbocycles. The molecule has 1 unspecified atom stereocenters. The van der Waals surface area contributed by atoms with Gasteiger partial charge in [0.25, 0.3) is 5.91 Å². The summed E-state index contributed by atoms with van der Waals surface area (Å²) in [5.74, 6) is -0.306. The fourth-order valence-corrected chi connectivity index (χ4v) is 3.49. The van der Waals surface area contributed by atoms with E-state index in [1.54, 1.807) is 23.2 Å². The SMILES string of the molecule is C=CC(=O)N1CCN(c2cn3ccccc3n2)C(=O)C1Cc1ccc(F)cc1. The van der Waals surface area contributed by atoms with Crippen molar-refractivity contribution in [3.63, 3.8) is 0 Å². The van der Waals surface area contributed by atoms with E-state index in [0.717, 1.165) is 11.2 Å². The van der Waals surface area contributed by atoms with E-state index in [1.807, 2.05) is 28.8 Å². The Hall–Kier alpha value is -3.48. The predicted molar refractivity (Wildman–Crippen MR) is 103 cm³/mol. The maximum atomic E-state index is 13.3. The van der Waals surface area contributed by atoms with Crippen LogP contribution in [0.1, 0.15) is 5.56 Å². The number of halogens is 1. The van der Waals surface area contributed by atoms with Crippen molar-refractivity contribution in [1.29, 1.82) is 0 Å². The lowest BCUT2D eigenvalue weighted by molar-refractivity contribution is -0.138. The van der Waals surface area contributed by atoms with E-state index in [9.17, 15) is 14.0 Å². The van der Waals surface area contributed by atoms with E-state index in [0.29, 0.717) is 25.3 Å². The summed E-state index contributed by atoms with van der Waals surface area (Å²) in [6.45, 7) is 4.26. The maximum Gasteiger partial charge on any atom is 0.251 e. The lowest BCUT2D eigenvalue weighted by Gasteiger charge is -2.39. The van der Waals surface area contributed by atoms with Crippen LogP contribution in [0.5, 0.6) is 0 Å². The van der Waals surface area contributed by atoms with E-state index in [4.69, 9.17) is 0 Å². The number of fused-ring (bicyclic) bond motifs is 1. The largest absolute Gasteiger partial charge is 0.325 e. The Morgan fingerprint density at radius 3 is 2.71 bits per heavy atom. The molecule has 2 amide bonds. The van der Waals surface area contributed by atoms with E-state index in [2.05, 4.69) is 11.6 Å². The normalized spacial score (nSPS) is 17.2. The number of carbonyl (C=O) groups excluding carboxylic acids is 2. The van der Waals surface area contributed by atoms with Gasteiger partial charge in [0.15, 0.2) is 5.82 Å². The number of nitrogens with zero attached hydrogens (tertiary/aromatic N) is 4. The maximum absolute atomic E-state index is 13.3. The van der Waals surface area contributed by atoms with Gasteiger partial charge in [0, 0.05) is 25.7 Å². The number of carbonyl (C=O) groups is 2. The predicted octanol–water partition coefficient (Wildman–Crippen LogP) is 2.45. The molecule has 0 saturated carbocycles. The quantitative estimate of drug-likeness (QED) is 0.656. The van der Waals surface area contributed by atoms with Gasteiger partial charge in [0.2, 0.25) is 5.91 Å². The summed E-state index contributed by atoms with van der Waals surface area (Å²) in [6.07, 6.45) is 5.17. The smallest absolute Gasteiger partial charge is 0.251 e. The first-order valence-electron chi connectivity index (χ1n) is 8.99. The first kappa shape index (κ1) is 17.9. The number of anilines is 1. The molecule has 0 N–H and O–H groups in total. The van der Waals surface area contributed by atoms with Crippen LogP contribution in [0.2, 0.25) is 0 Å². The van der Waals surface area contributed by atoms with Crippen molar-refractivity contribution in [2.45, 2.75) is 12.5 Å². The summed E-state index contributed by atoms with van der Waals surface area (Å²) in [5.41, 5.74) is 1.52. The van der Waals surface area contributed by atoms with Gasteiger partial charge in [-0.25, -0.2) is 9.37 Å². The Kier molecular flexibility index (Phi) is 4.65. The number of hydrogen-bond donors (Lipinski definition) is 0. The highest BCUT2D eigenvalue weighted by Gasteiger charge is 2.38. The molecule has 1 aliphatic rings. The minimum Gasteiger partial charge on any atom is -0.325 e. The van der Waals surface area contributed by atoms with Crippen molar-refractivity contribution in [3.05, 3.63) is 78.9 Å². The van der Waals surface area contributed by atoms with Crippen LogP contribution in [0.25, 0.3) is 5.65 Å². The molecule has 1 aliphatic heterocycles. The van der Waals surface area contributed by atoms with Crippen LogP contribution in [0.4, 0.5) is 10.2 Å². The topological polar surface area (TPSA) is 57.9 Å². The average molecular weight is 378 g/mol. The average Bonchev–Trinajstić information content (AvgIpc) is 3.14. The first-order chi connectivity index (χ1) is 13.6. The van der Waals surface area contributed by atoms with Gasteiger partial charge in [-0.05, 0) is 35.9 Å². The van der Waals surface area contributed by atoms with E-state index < -0.39 is 6.04 Å². The monoisotopic (exact) mass is 378 g/mol. The summed E-state index contributed by atoms with van der Waals surface area (Å²) in [5, 5.41) is 0. The molecule has 3 heterocycles. The van der Waals surface area contributed by atoms with Crippen LogP contribution in [-0.4, -0.2) is 45.2 Å². The number of hydrogen-bond acceptors (Lipinski definition) is 3. The number of benzene rings is 1. The van der Waals surface area contributed by atoms with Gasteiger partial charge < -0.3 is 9.30 Å². The van der Waals surface area contributed by atoms with E-state index >= 15 is 0 Å². The van der Waals surface area contributed by atoms with Crippen LogP contribution >= 0.6 is 0 Å². The van der Waals surface area contributed by atoms with Gasteiger partial charge in [-0.15, -0.1) is 0 Å². The van der Waals surface area contributed by atoms with Gasteiger partial charge in [-0.1, -0.05) is 24.8 Å². The summed E-state index contributed by atoms with van der Waals surface area (Å²) in [6, 6.07) is 10.9. The molecule has 1 atom stereocenters. The molecule has 0 spiro atoms. The Morgan fingerprint density at radius 1 is 1.21 bits per heavy atom. The molecule has 6 nitrogen and oxygen atoms in total. The first-order valence-corrected chi connectivity index (χ1v) is 8.99. The fraction of sp³-hybridized carbons (Fsp3) is 0.190. The molecular formula is C21H19FN4O2. The fourth-order valence-electron chi connectivity index (χ4n) is 3.49. The number of rotatable bonds is 4. The zero-order chi connectivity index (χ0) is 19.7. The molecule has 3 aromatic rings. The van der Waals surface area contributed by atoms with Crippen molar-refractivity contribution in [2.24, 2.45) is 0 Å². The third kappa shape index (κ3) is 3.26. The van der Waals surface area contributed by atoms with Crippen molar-refractivity contribution in [2.75, 3.05) is 18.0 Å². The molecular weight excluding hydrogens is 359 g/mol.